The number of carbonyl (C=O) groups is 2. The van der Waals surface area contributed by atoms with E-state index in [1.807, 2.05) is 0 Å². The Kier molecular flexibility index (Phi) is 4.79. The van der Waals surface area contributed by atoms with Crippen LogP contribution in [0.1, 0.15) is 19.4 Å². The van der Waals surface area contributed by atoms with Crippen LogP contribution in [0.25, 0.3) is 0 Å². The molecule has 8 heteroatoms. The van der Waals surface area contributed by atoms with E-state index in [0.29, 0.717) is 5.56 Å². The molecule has 1 heterocycles. The number of cyclic esters (lactones) is 1. The fourth-order valence-corrected chi connectivity index (χ4v) is 2.16. The van der Waals surface area contributed by atoms with Crippen LogP contribution in [-0.4, -0.2) is 24.8 Å². The number of carbonyl (C=O) groups excluding carboxylic acids is 2. The average molecular weight is 344 g/mol. The van der Waals surface area contributed by atoms with Crippen LogP contribution in [0.5, 0.6) is 0 Å². The van der Waals surface area contributed by atoms with Gasteiger partial charge in [0.25, 0.3) is 11.7 Å². The number of halogens is 2. The van der Waals surface area contributed by atoms with Gasteiger partial charge in [-0.1, -0.05) is 17.7 Å². The molecule has 1 aromatic carbocycles. The number of benzene rings is 1. The number of amides is 1. The third-order valence-electron chi connectivity index (χ3n) is 2.94. The molecule has 0 saturated carbocycles. The Bertz CT molecular complexity index is 686. The van der Waals surface area contributed by atoms with Gasteiger partial charge >= 0.3 is 5.97 Å². The van der Waals surface area contributed by atoms with Crippen molar-refractivity contribution in [2.24, 2.45) is 0 Å². The molecule has 0 aliphatic carbocycles. The topological polar surface area (TPSA) is 73.9 Å². The van der Waals surface area contributed by atoms with Crippen LogP contribution < -0.4 is 5.32 Å². The van der Waals surface area contributed by atoms with Gasteiger partial charge < -0.3 is 19.5 Å². The SMILES string of the molecule is COC(C(=O)NCc1ccc(F)cc1Cl)=C1OC(C)(C)OC1=O. The number of hydrogen-bond donors (Lipinski definition) is 1. The highest BCUT2D eigenvalue weighted by molar-refractivity contribution is 6.31. The van der Waals surface area contributed by atoms with Crippen molar-refractivity contribution in [1.82, 2.24) is 5.32 Å². The second kappa shape index (κ2) is 6.45. The summed E-state index contributed by atoms with van der Waals surface area (Å²) in [7, 11) is 1.23. The minimum Gasteiger partial charge on any atom is -0.488 e. The molecular formula is C15H15ClFNO5. The highest BCUT2D eigenvalue weighted by Gasteiger charge is 2.41. The molecule has 6 nitrogen and oxygen atoms in total. The lowest BCUT2D eigenvalue weighted by Gasteiger charge is -2.15. The van der Waals surface area contributed by atoms with E-state index in [1.54, 1.807) is 0 Å². The summed E-state index contributed by atoms with van der Waals surface area (Å²) in [4.78, 5) is 23.9. The second-order valence-corrected chi connectivity index (χ2v) is 5.58. The Labute approximate surface area is 137 Å². The van der Waals surface area contributed by atoms with Gasteiger partial charge in [-0.25, -0.2) is 9.18 Å². The Morgan fingerprint density at radius 3 is 2.61 bits per heavy atom. The first-order chi connectivity index (χ1) is 10.7. The van der Waals surface area contributed by atoms with Crippen molar-refractivity contribution in [3.05, 3.63) is 46.1 Å². The van der Waals surface area contributed by atoms with E-state index in [9.17, 15) is 14.0 Å². The van der Waals surface area contributed by atoms with Gasteiger partial charge in [0.2, 0.25) is 11.5 Å². The molecule has 0 radical (unpaired) electrons. The van der Waals surface area contributed by atoms with E-state index in [4.69, 9.17) is 25.8 Å². The maximum atomic E-state index is 13.0. The lowest BCUT2D eigenvalue weighted by molar-refractivity contribution is -0.159. The highest BCUT2D eigenvalue weighted by atomic mass is 35.5. The number of esters is 1. The Balaban J connectivity index is 2.14. The van der Waals surface area contributed by atoms with Crippen LogP contribution in [0.3, 0.4) is 0 Å². The molecule has 124 valence electrons. The van der Waals surface area contributed by atoms with Crippen molar-refractivity contribution in [1.29, 1.82) is 0 Å². The third-order valence-corrected chi connectivity index (χ3v) is 3.29. The molecule has 1 aromatic rings. The van der Waals surface area contributed by atoms with Gasteiger partial charge in [-0.2, -0.15) is 0 Å². The summed E-state index contributed by atoms with van der Waals surface area (Å²) in [6.07, 6.45) is 0. The highest BCUT2D eigenvalue weighted by Crippen LogP contribution is 2.28. The van der Waals surface area contributed by atoms with Crippen LogP contribution in [0, 0.1) is 5.82 Å². The molecule has 0 bridgehead atoms. The molecule has 1 aliphatic rings. The molecule has 1 fully saturated rings. The van der Waals surface area contributed by atoms with E-state index >= 15 is 0 Å². The molecule has 23 heavy (non-hydrogen) atoms. The first kappa shape index (κ1) is 17.1. The van der Waals surface area contributed by atoms with E-state index in [-0.39, 0.29) is 23.1 Å². The molecule has 0 unspecified atom stereocenters. The number of ether oxygens (including phenoxy) is 3. The Hall–Kier alpha value is -2.28. The summed E-state index contributed by atoms with van der Waals surface area (Å²) in [5.41, 5.74) is 0.511. The van der Waals surface area contributed by atoms with E-state index in [0.717, 1.165) is 6.07 Å². The predicted octanol–water partition coefficient (Wildman–Crippen LogP) is 2.26. The first-order valence-corrected chi connectivity index (χ1v) is 7.04. The second-order valence-electron chi connectivity index (χ2n) is 5.17. The molecule has 2 rings (SSSR count). The van der Waals surface area contributed by atoms with Crippen molar-refractivity contribution in [3.8, 4) is 0 Å². The summed E-state index contributed by atoms with van der Waals surface area (Å²) in [5, 5.41) is 2.69. The zero-order chi connectivity index (χ0) is 17.2. The van der Waals surface area contributed by atoms with Gasteiger partial charge in [0, 0.05) is 25.4 Å². The lowest BCUT2D eigenvalue weighted by Crippen LogP contribution is -2.27. The molecule has 0 aromatic heterocycles. The minimum absolute atomic E-state index is 0.0243. The molecule has 0 spiro atoms. The van der Waals surface area contributed by atoms with Crippen LogP contribution in [0.2, 0.25) is 5.02 Å². The van der Waals surface area contributed by atoms with Crippen LogP contribution in [-0.2, 0) is 30.3 Å². The van der Waals surface area contributed by atoms with Crippen molar-refractivity contribution in [2.45, 2.75) is 26.2 Å². The molecule has 1 aliphatic heterocycles. The summed E-state index contributed by atoms with van der Waals surface area (Å²) in [5.74, 6) is -3.73. The first-order valence-electron chi connectivity index (χ1n) is 6.66. The number of nitrogens with one attached hydrogen (secondary N) is 1. The Morgan fingerprint density at radius 2 is 2.09 bits per heavy atom. The van der Waals surface area contributed by atoms with Crippen molar-refractivity contribution in [3.63, 3.8) is 0 Å². The predicted molar refractivity (Wildman–Crippen MR) is 78.5 cm³/mol. The maximum Gasteiger partial charge on any atom is 0.381 e. The van der Waals surface area contributed by atoms with E-state index in [2.05, 4.69) is 5.32 Å². The van der Waals surface area contributed by atoms with Gasteiger partial charge in [0.15, 0.2) is 0 Å². The number of hydrogen-bond acceptors (Lipinski definition) is 5. The molecule has 1 N–H and O–H groups in total. The fourth-order valence-electron chi connectivity index (χ4n) is 1.93. The van der Waals surface area contributed by atoms with Gasteiger partial charge in [-0.05, 0) is 17.7 Å². The largest absolute Gasteiger partial charge is 0.488 e. The zero-order valence-corrected chi connectivity index (χ0v) is 13.5. The molecule has 0 atom stereocenters. The van der Waals surface area contributed by atoms with E-state index < -0.39 is 23.5 Å². The van der Waals surface area contributed by atoms with Gasteiger partial charge in [0.1, 0.15) is 5.82 Å². The van der Waals surface area contributed by atoms with E-state index in [1.165, 1.54) is 33.1 Å². The van der Waals surface area contributed by atoms with Crippen LogP contribution in [0.4, 0.5) is 4.39 Å². The lowest BCUT2D eigenvalue weighted by atomic mass is 10.2. The molecular weight excluding hydrogens is 329 g/mol. The van der Waals surface area contributed by atoms with Gasteiger partial charge in [0.05, 0.1) is 7.11 Å². The van der Waals surface area contributed by atoms with Crippen LogP contribution >= 0.6 is 11.6 Å². The minimum atomic E-state index is -1.17. The van der Waals surface area contributed by atoms with Crippen molar-refractivity contribution in [2.75, 3.05) is 7.11 Å². The summed E-state index contributed by atoms with van der Waals surface area (Å²) >= 11 is 5.88. The third kappa shape index (κ3) is 3.92. The van der Waals surface area contributed by atoms with Crippen molar-refractivity contribution >= 4 is 23.5 Å². The van der Waals surface area contributed by atoms with Gasteiger partial charge in [-0.15, -0.1) is 0 Å². The smallest absolute Gasteiger partial charge is 0.381 e. The van der Waals surface area contributed by atoms with Crippen LogP contribution in [0.15, 0.2) is 29.7 Å². The standard InChI is InChI=1S/C15H15ClFNO5/c1-15(2)22-12(14(20)23-15)11(21-3)13(19)18-7-8-4-5-9(17)6-10(8)16/h4-6H,7H2,1-3H3,(H,18,19). The maximum absolute atomic E-state index is 13.0. The summed E-state index contributed by atoms with van der Waals surface area (Å²) in [6.45, 7) is 3.08. The van der Waals surface area contributed by atoms with Gasteiger partial charge in [-0.3, -0.25) is 4.79 Å². The fraction of sp³-hybridized carbons (Fsp3) is 0.333. The quantitative estimate of drug-likeness (QED) is 0.515. The number of rotatable bonds is 4. The molecule has 1 amide bonds. The van der Waals surface area contributed by atoms with Crippen molar-refractivity contribution < 1.29 is 28.2 Å². The molecule has 1 saturated heterocycles. The number of methoxy groups -OCH3 is 1. The monoisotopic (exact) mass is 343 g/mol. The normalized spacial score (nSPS) is 18.0. The summed E-state index contributed by atoms with van der Waals surface area (Å²) in [6, 6.07) is 3.81. The summed E-state index contributed by atoms with van der Waals surface area (Å²) < 4.78 is 28.1. The Morgan fingerprint density at radius 1 is 1.39 bits per heavy atom. The zero-order valence-electron chi connectivity index (χ0n) is 12.7. The average Bonchev–Trinajstić information content (AvgIpc) is 2.72.